The molecule has 0 aliphatic rings. The Hall–Kier alpha value is -2.15. The third-order valence-electron chi connectivity index (χ3n) is 1.85. The first kappa shape index (κ1) is 12.9. The summed E-state index contributed by atoms with van der Waals surface area (Å²) in [7, 11) is 0. The molecule has 1 amide bonds. The Morgan fingerprint density at radius 3 is 2.59 bits per heavy atom. The van der Waals surface area contributed by atoms with E-state index in [1.54, 1.807) is 0 Å². The number of hydrogen-bond acceptors (Lipinski definition) is 4. The van der Waals surface area contributed by atoms with Gasteiger partial charge in [-0.15, -0.1) is 11.6 Å². The van der Waals surface area contributed by atoms with E-state index >= 15 is 0 Å². The van der Waals surface area contributed by atoms with E-state index in [1.165, 1.54) is 12.1 Å². The standard InChI is InChI=1S/C9H9ClN4O3/c10-4-8(11)13-5-1-2-6(9(12)15)7(3-5)14(16)17/h1-3H,4H2,(H2,11,13)(H2,12,15). The summed E-state index contributed by atoms with van der Waals surface area (Å²) in [6.45, 7) is 0. The number of nitrogens with zero attached hydrogens (tertiary/aromatic N) is 2. The summed E-state index contributed by atoms with van der Waals surface area (Å²) in [5, 5.41) is 10.7. The van der Waals surface area contributed by atoms with Crippen molar-refractivity contribution in [2.45, 2.75) is 0 Å². The van der Waals surface area contributed by atoms with Crippen molar-refractivity contribution in [1.82, 2.24) is 0 Å². The summed E-state index contributed by atoms with van der Waals surface area (Å²) < 4.78 is 0. The minimum Gasteiger partial charge on any atom is -0.386 e. The highest BCUT2D eigenvalue weighted by molar-refractivity contribution is 6.28. The normalized spacial score (nSPS) is 11.2. The summed E-state index contributed by atoms with van der Waals surface area (Å²) in [6.07, 6.45) is 0. The van der Waals surface area contributed by atoms with Gasteiger partial charge in [0, 0.05) is 6.07 Å². The number of primary amides is 1. The third kappa shape index (κ3) is 3.15. The van der Waals surface area contributed by atoms with Gasteiger partial charge >= 0.3 is 0 Å². The Kier molecular flexibility index (Phi) is 4.00. The molecule has 0 atom stereocenters. The number of alkyl halides is 1. The number of nitro groups is 1. The molecule has 0 unspecified atom stereocenters. The highest BCUT2D eigenvalue weighted by Crippen LogP contribution is 2.24. The summed E-state index contributed by atoms with van der Waals surface area (Å²) >= 11 is 5.42. The topological polar surface area (TPSA) is 125 Å². The van der Waals surface area contributed by atoms with E-state index < -0.39 is 16.5 Å². The van der Waals surface area contributed by atoms with Gasteiger partial charge in [0.2, 0.25) is 0 Å². The molecule has 0 bridgehead atoms. The molecule has 0 saturated carbocycles. The van der Waals surface area contributed by atoms with Gasteiger partial charge < -0.3 is 11.5 Å². The quantitative estimate of drug-likeness (QED) is 0.273. The van der Waals surface area contributed by atoms with Crippen molar-refractivity contribution in [1.29, 1.82) is 0 Å². The number of amidine groups is 1. The van der Waals surface area contributed by atoms with Crippen LogP contribution in [0.15, 0.2) is 23.2 Å². The number of nitrogens with two attached hydrogens (primary N) is 2. The number of amides is 1. The lowest BCUT2D eigenvalue weighted by Crippen LogP contribution is -2.14. The predicted molar refractivity (Wildman–Crippen MR) is 63.6 cm³/mol. The summed E-state index contributed by atoms with van der Waals surface area (Å²) in [5.74, 6) is -0.754. The van der Waals surface area contributed by atoms with Crippen molar-refractivity contribution in [3.05, 3.63) is 33.9 Å². The zero-order valence-corrected chi connectivity index (χ0v) is 9.35. The van der Waals surface area contributed by atoms with E-state index in [9.17, 15) is 14.9 Å². The lowest BCUT2D eigenvalue weighted by molar-refractivity contribution is -0.385. The molecule has 8 heteroatoms. The van der Waals surface area contributed by atoms with Crippen LogP contribution in [-0.2, 0) is 0 Å². The fraction of sp³-hybridized carbons (Fsp3) is 0.111. The average Bonchev–Trinajstić information content (AvgIpc) is 2.28. The predicted octanol–water partition coefficient (Wildman–Crippen LogP) is 0.921. The van der Waals surface area contributed by atoms with E-state index in [-0.39, 0.29) is 23.0 Å². The fourth-order valence-corrected chi connectivity index (χ4v) is 1.20. The molecule has 1 aromatic rings. The van der Waals surface area contributed by atoms with Gasteiger partial charge in [0.25, 0.3) is 11.6 Å². The van der Waals surface area contributed by atoms with Crippen molar-refractivity contribution < 1.29 is 9.72 Å². The van der Waals surface area contributed by atoms with Crippen LogP contribution in [0.3, 0.4) is 0 Å². The summed E-state index contributed by atoms with van der Waals surface area (Å²) in [5.41, 5.74) is 10.0. The molecule has 4 N–H and O–H groups in total. The van der Waals surface area contributed by atoms with Gasteiger partial charge in [-0.05, 0) is 12.1 Å². The first-order chi connectivity index (χ1) is 7.95. The van der Waals surface area contributed by atoms with Crippen LogP contribution in [0.2, 0.25) is 0 Å². The van der Waals surface area contributed by atoms with Gasteiger partial charge in [0.15, 0.2) is 0 Å². The van der Waals surface area contributed by atoms with Crippen LogP contribution in [0.5, 0.6) is 0 Å². The van der Waals surface area contributed by atoms with Gasteiger partial charge in [-0.25, -0.2) is 4.99 Å². The van der Waals surface area contributed by atoms with Crippen molar-refractivity contribution in [3.63, 3.8) is 0 Å². The molecule has 0 aliphatic carbocycles. The van der Waals surface area contributed by atoms with Gasteiger partial charge in [-0.2, -0.15) is 0 Å². The molecular formula is C9H9ClN4O3. The maximum Gasteiger partial charge on any atom is 0.284 e. The molecule has 0 spiro atoms. The van der Waals surface area contributed by atoms with E-state index in [4.69, 9.17) is 23.1 Å². The number of carbonyl (C=O) groups is 1. The second-order valence-corrected chi connectivity index (χ2v) is 3.33. The van der Waals surface area contributed by atoms with Gasteiger partial charge in [-0.3, -0.25) is 14.9 Å². The largest absolute Gasteiger partial charge is 0.386 e. The first-order valence-corrected chi connectivity index (χ1v) is 4.96. The molecule has 1 aromatic carbocycles. The monoisotopic (exact) mass is 256 g/mol. The average molecular weight is 257 g/mol. The van der Waals surface area contributed by atoms with Crippen LogP contribution >= 0.6 is 11.6 Å². The van der Waals surface area contributed by atoms with Gasteiger partial charge in [0.05, 0.1) is 16.5 Å². The molecule has 17 heavy (non-hydrogen) atoms. The Morgan fingerprint density at radius 2 is 2.12 bits per heavy atom. The highest BCUT2D eigenvalue weighted by atomic mass is 35.5. The maximum absolute atomic E-state index is 11.0. The Bertz CT molecular complexity index is 501. The summed E-state index contributed by atoms with van der Waals surface area (Å²) in [4.78, 5) is 24.8. The Balaban J connectivity index is 3.28. The molecule has 0 saturated heterocycles. The molecule has 0 aliphatic heterocycles. The molecule has 0 aromatic heterocycles. The molecule has 0 heterocycles. The minimum absolute atomic E-state index is 0.00533. The van der Waals surface area contributed by atoms with E-state index in [2.05, 4.69) is 4.99 Å². The van der Waals surface area contributed by atoms with Crippen LogP contribution in [-0.4, -0.2) is 22.5 Å². The molecule has 90 valence electrons. The SMILES string of the molecule is NC(=O)c1ccc(N=C(N)CCl)cc1[N+](=O)[O-]. The number of aliphatic imine (C=N–C) groups is 1. The first-order valence-electron chi connectivity index (χ1n) is 4.43. The lowest BCUT2D eigenvalue weighted by Gasteiger charge is -2.00. The van der Waals surface area contributed by atoms with Crippen LogP contribution in [0.1, 0.15) is 10.4 Å². The second kappa shape index (κ2) is 5.26. The molecule has 0 radical (unpaired) electrons. The van der Waals surface area contributed by atoms with E-state index in [0.29, 0.717) is 0 Å². The fourth-order valence-electron chi connectivity index (χ4n) is 1.14. The number of rotatable bonds is 4. The number of carbonyl (C=O) groups excluding carboxylic acids is 1. The number of halogens is 1. The van der Waals surface area contributed by atoms with E-state index in [1.807, 2.05) is 0 Å². The Morgan fingerprint density at radius 1 is 1.47 bits per heavy atom. The zero-order chi connectivity index (χ0) is 13.0. The van der Waals surface area contributed by atoms with Gasteiger partial charge in [0.1, 0.15) is 11.4 Å². The lowest BCUT2D eigenvalue weighted by atomic mass is 10.1. The smallest absolute Gasteiger partial charge is 0.284 e. The summed E-state index contributed by atoms with van der Waals surface area (Å²) in [6, 6.07) is 3.73. The number of benzene rings is 1. The van der Waals surface area contributed by atoms with Crippen LogP contribution < -0.4 is 11.5 Å². The van der Waals surface area contributed by atoms with Crippen LogP contribution in [0.4, 0.5) is 11.4 Å². The van der Waals surface area contributed by atoms with Gasteiger partial charge in [-0.1, -0.05) is 0 Å². The Labute approximate surface area is 101 Å². The van der Waals surface area contributed by atoms with E-state index in [0.717, 1.165) is 6.07 Å². The molecular weight excluding hydrogens is 248 g/mol. The van der Waals surface area contributed by atoms with Crippen molar-refractivity contribution in [2.75, 3.05) is 5.88 Å². The highest BCUT2D eigenvalue weighted by Gasteiger charge is 2.18. The molecule has 7 nitrogen and oxygen atoms in total. The third-order valence-corrected chi connectivity index (χ3v) is 2.13. The van der Waals surface area contributed by atoms with Crippen molar-refractivity contribution >= 4 is 34.7 Å². The zero-order valence-electron chi connectivity index (χ0n) is 8.59. The second-order valence-electron chi connectivity index (χ2n) is 3.06. The number of nitro benzene ring substituents is 1. The minimum atomic E-state index is -0.877. The molecule has 0 fully saturated rings. The van der Waals surface area contributed by atoms with Crippen molar-refractivity contribution in [3.8, 4) is 0 Å². The maximum atomic E-state index is 11.0. The van der Waals surface area contributed by atoms with Crippen molar-refractivity contribution in [2.24, 2.45) is 16.5 Å². The number of hydrogen-bond donors (Lipinski definition) is 2. The van der Waals surface area contributed by atoms with Crippen LogP contribution in [0.25, 0.3) is 0 Å². The molecule has 1 rings (SSSR count). The van der Waals surface area contributed by atoms with Crippen LogP contribution in [0, 0.1) is 10.1 Å².